The second-order valence-corrected chi connectivity index (χ2v) is 5.24. The van der Waals surface area contributed by atoms with E-state index < -0.39 is 10.0 Å². The quantitative estimate of drug-likeness (QED) is 0.846. The highest BCUT2D eigenvalue weighted by molar-refractivity contribution is 7.89. The zero-order chi connectivity index (χ0) is 10.7. The van der Waals surface area contributed by atoms with Crippen molar-refractivity contribution in [3.8, 4) is 0 Å². The molecule has 2 N–H and O–H groups in total. The fourth-order valence-corrected chi connectivity index (χ4v) is 2.84. The number of piperidine rings is 1. The maximum atomic E-state index is 11.7. The fourth-order valence-electron chi connectivity index (χ4n) is 1.65. The highest BCUT2D eigenvalue weighted by Gasteiger charge is 2.23. The van der Waals surface area contributed by atoms with Gasteiger partial charge < -0.3 is 9.73 Å². The Labute approximate surface area is 101 Å². The highest BCUT2D eigenvalue weighted by Crippen LogP contribution is 2.11. The number of rotatable bonds is 3. The Kier molecular flexibility index (Phi) is 4.79. The predicted octanol–water partition coefficient (Wildman–Crippen LogP) is 0.732. The van der Waals surface area contributed by atoms with Crippen LogP contribution in [0.5, 0.6) is 0 Å². The predicted molar refractivity (Wildman–Crippen MR) is 62.2 cm³/mol. The van der Waals surface area contributed by atoms with Gasteiger partial charge in [0.25, 0.3) is 10.0 Å². The molecule has 0 aliphatic carbocycles. The van der Waals surface area contributed by atoms with Gasteiger partial charge in [0.05, 0.1) is 6.26 Å². The summed E-state index contributed by atoms with van der Waals surface area (Å²) in [6.45, 7) is 1.64. The van der Waals surface area contributed by atoms with Gasteiger partial charge in [0.2, 0.25) is 5.09 Å². The van der Waals surface area contributed by atoms with Crippen LogP contribution >= 0.6 is 12.4 Å². The summed E-state index contributed by atoms with van der Waals surface area (Å²) >= 11 is 0. The molecular weight excluding hydrogens is 252 g/mol. The third-order valence-electron chi connectivity index (χ3n) is 2.38. The van der Waals surface area contributed by atoms with Crippen molar-refractivity contribution in [2.24, 2.45) is 0 Å². The molecule has 1 aromatic rings. The summed E-state index contributed by atoms with van der Waals surface area (Å²) in [5.74, 6) is 0. The van der Waals surface area contributed by atoms with Gasteiger partial charge in [-0.15, -0.1) is 12.4 Å². The van der Waals surface area contributed by atoms with Crippen LogP contribution in [0.3, 0.4) is 0 Å². The molecule has 0 saturated carbocycles. The summed E-state index contributed by atoms with van der Waals surface area (Å²) in [6.07, 6.45) is 3.21. The molecule has 5 nitrogen and oxygen atoms in total. The summed E-state index contributed by atoms with van der Waals surface area (Å²) in [4.78, 5) is 0. The molecule has 2 rings (SSSR count). The number of furan rings is 1. The first-order chi connectivity index (χ1) is 7.18. The van der Waals surface area contributed by atoms with Crippen molar-refractivity contribution >= 4 is 22.4 Å². The van der Waals surface area contributed by atoms with E-state index in [-0.39, 0.29) is 23.5 Å². The Morgan fingerprint density at radius 2 is 2.31 bits per heavy atom. The van der Waals surface area contributed by atoms with Gasteiger partial charge in [-0.1, -0.05) is 0 Å². The minimum absolute atomic E-state index is 0. The molecule has 92 valence electrons. The number of hydrogen-bond donors (Lipinski definition) is 2. The normalized spacial score (nSPS) is 21.4. The molecular formula is C9H15ClN2O3S. The molecule has 0 spiro atoms. The van der Waals surface area contributed by atoms with E-state index in [1.165, 1.54) is 12.3 Å². The molecule has 0 radical (unpaired) electrons. The van der Waals surface area contributed by atoms with Crippen LogP contribution in [-0.2, 0) is 10.0 Å². The third-order valence-corrected chi connectivity index (χ3v) is 3.78. The van der Waals surface area contributed by atoms with Gasteiger partial charge in [-0.3, -0.25) is 0 Å². The van der Waals surface area contributed by atoms with Gasteiger partial charge in [0, 0.05) is 12.6 Å². The van der Waals surface area contributed by atoms with E-state index in [0.29, 0.717) is 6.54 Å². The molecule has 1 aromatic heterocycles. The van der Waals surface area contributed by atoms with Crippen LogP contribution in [0, 0.1) is 0 Å². The van der Waals surface area contributed by atoms with E-state index in [9.17, 15) is 8.42 Å². The van der Waals surface area contributed by atoms with E-state index >= 15 is 0 Å². The van der Waals surface area contributed by atoms with Crippen LogP contribution in [0.1, 0.15) is 12.8 Å². The van der Waals surface area contributed by atoms with E-state index in [2.05, 4.69) is 10.0 Å². The molecule has 1 atom stereocenters. The van der Waals surface area contributed by atoms with Crippen LogP contribution in [0.15, 0.2) is 27.9 Å². The van der Waals surface area contributed by atoms with E-state index in [4.69, 9.17) is 4.42 Å². The van der Waals surface area contributed by atoms with Gasteiger partial charge in [-0.25, -0.2) is 13.1 Å². The van der Waals surface area contributed by atoms with Gasteiger partial charge in [0.15, 0.2) is 0 Å². The molecule has 16 heavy (non-hydrogen) atoms. The molecule has 1 fully saturated rings. The number of sulfonamides is 1. The minimum Gasteiger partial charge on any atom is -0.452 e. The van der Waals surface area contributed by atoms with E-state index in [0.717, 1.165) is 19.4 Å². The second kappa shape index (κ2) is 5.67. The SMILES string of the molecule is Cl.O=S(=O)(N[C@H]1CCCNC1)c1ccco1. The number of nitrogens with one attached hydrogen (secondary N) is 2. The lowest BCUT2D eigenvalue weighted by Gasteiger charge is -2.22. The Hall–Kier alpha value is -0.560. The van der Waals surface area contributed by atoms with Crippen molar-refractivity contribution < 1.29 is 12.8 Å². The molecule has 0 amide bonds. The molecule has 7 heteroatoms. The van der Waals surface area contributed by atoms with Crippen LogP contribution in [0.4, 0.5) is 0 Å². The number of halogens is 1. The van der Waals surface area contributed by atoms with Gasteiger partial charge in [-0.2, -0.15) is 0 Å². The molecule has 2 heterocycles. The Bertz CT molecular complexity index is 398. The highest BCUT2D eigenvalue weighted by atomic mass is 35.5. The molecule has 0 unspecified atom stereocenters. The van der Waals surface area contributed by atoms with Crippen molar-refractivity contribution in [2.75, 3.05) is 13.1 Å². The fraction of sp³-hybridized carbons (Fsp3) is 0.556. The lowest BCUT2D eigenvalue weighted by molar-refractivity contribution is 0.411. The van der Waals surface area contributed by atoms with Gasteiger partial charge >= 0.3 is 0 Å². The average molecular weight is 267 g/mol. The second-order valence-electron chi connectivity index (χ2n) is 3.60. The van der Waals surface area contributed by atoms with Crippen LogP contribution in [-0.4, -0.2) is 27.5 Å². The summed E-state index contributed by atoms with van der Waals surface area (Å²) in [5.41, 5.74) is 0. The van der Waals surface area contributed by atoms with Crippen molar-refractivity contribution in [1.82, 2.24) is 10.0 Å². The topological polar surface area (TPSA) is 71.3 Å². The van der Waals surface area contributed by atoms with E-state index in [1.807, 2.05) is 0 Å². The molecule has 0 bridgehead atoms. The zero-order valence-corrected chi connectivity index (χ0v) is 10.3. The van der Waals surface area contributed by atoms with Crippen molar-refractivity contribution in [2.45, 2.75) is 24.0 Å². The van der Waals surface area contributed by atoms with Gasteiger partial charge in [-0.05, 0) is 31.5 Å². The first kappa shape index (κ1) is 13.5. The van der Waals surface area contributed by atoms with Crippen molar-refractivity contribution in [3.63, 3.8) is 0 Å². The lowest BCUT2D eigenvalue weighted by atomic mass is 10.1. The molecule has 1 aliphatic rings. The van der Waals surface area contributed by atoms with Gasteiger partial charge in [0.1, 0.15) is 0 Å². The smallest absolute Gasteiger partial charge is 0.274 e. The summed E-state index contributed by atoms with van der Waals surface area (Å²) in [5, 5.41) is 3.12. The molecule has 0 aromatic carbocycles. The third kappa shape index (κ3) is 3.21. The summed E-state index contributed by atoms with van der Waals surface area (Å²) in [7, 11) is -3.47. The van der Waals surface area contributed by atoms with Crippen LogP contribution in [0.2, 0.25) is 0 Å². The summed E-state index contributed by atoms with van der Waals surface area (Å²) in [6, 6.07) is 2.97. The van der Waals surface area contributed by atoms with Crippen molar-refractivity contribution in [3.05, 3.63) is 18.4 Å². The summed E-state index contributed by atoms with van der Waals surface area (Å²) < 4.78 is 30.9. The maximum absolute atomic E-state index is 11.7. The molecule has 1 saturated heterocycles. The Morgan fingerprint density at radius 3 is 2.88 bits per heavy atom. The van der Waals surface area contributed by atoms with E-state index in [1.54, 1.807) is 6.07 Å². The first-order valence-electron chi connectivity index (χ1n) is 4.95. The minimum atomic E-state index is -3.47. The zero-order valence-electron chi connectivity index (χ0n) is 8.68. The standard InChI is InChI=1S/C9H14N2O3S.ClH/c12-15(13,9-4-2-6-14-9)11-8-3-1-5-10-7-8;/h2,4,6,8,10-11H,1,3,5,7H2;1H/t8-;/m0./s1. The lowest BCUT2D eigenvalue weighted by Crippen LogP contribution is -2.45. The molecule has 1 aliphatic heterocycles. The maximum Gasteiger partial charge on any atom is 0.274 e. The Morgan fingerprint density at radius 1 is 1.50 bits per heavy atom. The van der Waals surface area contributed by atoms with Crippen LogP contribution < -0.4 is 10.0 Å². The van der Waals surface area contributed by atoms with Crippen LogP contribution in [0.25, 0.3) is 0 Å². The largest absolute Gasteiger partial charge is 0.452 e. The Balaban J connectivity index is 0.00000128. The average Bonchev–Trinajstić information content (AvgIpc) is 2.71. The van der Waals surface area contributed by atoms with Crippen molar-refractivity contribution in [1.29, 1.82) is 0 Å². The first-order valence-corrected chi connectivity index (χ1v) is 6.43. The monoisotopic (exact) mass is 266 g/mol. The number of hydrogen-bond acceptors (Lipinski definition) is 4.